The van der Waals surface area contributed by atoms with E-state index in [1.165, 1.54) is 272 Å². The van der Waals surface area contributed by atoms with Crippen LogP contribution in [0.15, 0.2) is 251 Å². The number of hydrogen-bond donors (Lipinski definition) is 0. The molecule has 0 atom stereocenters. The first kappa shape index (κ1) is 74.3. The van der Waals surface area contributed by atoms with Crippen LogP contribution in [0.5, 0.6) is 0 Å². The van der Waals surface area contributed by atoms with Crippen LogP contribution in [0.2, 0.25) is 0 Å². The molecule has 0 saturated carbocycles. The zero-order chi connectivity index (χ0) is 76.6. The molecule has 18 rings (SSSR count). The van der Waals surface area contributed by atoms with Crippen LogP contribution in [-0.4, -0.2) is 4.57 Å². The van der Waals surface area contributed by atoms with Crippen molar-refractivity contribution in [3.8, 4) is 61.3 Å². The molecule has 572 valence electrons. The minimum Gasteiger partial charge on any atom is -0.456 e. The lowest BCUT2D eigenvalue weighted by atomic mass is 9.68. The maximum Gasteiger partial charge on any atom is 0.143 e. The third-order valence-electron chi connectivity index (χ3n) is 27.1. The number of furan rings is 2. The van der Waals surface area contributed by atoms with Crippen molar-refractivity contribution in [2.75, 3.05) is 4.90 Å². The lowest BCUT2D eigenvalue weighted by Gasteiger charge is -2.35. The van der Waals surface area contributed by atoms with E-state index in [-0.39, 0.29) is 10.8 Å². The second-order valence-electron chi connectivity index (χ2n) is 34.5. The molecule has 0 spiro atoms. The highest BCUT2D eigenvalue weighted by Crippen LogP contribution is 2.64. The van der Waals surface area contributed by atoms with Gasteiger partial charge in [-0.2, -0.15) is 0 Å². The molecule has 0 fully saturated rings. The highest BCUT2D eigenvalue weighted by Gasteiger charge is 2.49. The number of unbranched alkanes of at least 4 members (excludes halogenated alkanes) is 20. The molecule has 0 amide bonds. The number of benzene rings is 12. The fourth-order valence-corrected chi connectivity index (χ4v) is 21.4. The van der Waals surface area contributed by atoms with E-state index in [1.54, 1.807) is 16.7 Å². The molecule has 0 aliphatic heterocycles. The number of nitrogens with zero attached hydrogens (tertiary/aromatic N) is 2. The Kier molecular flexibility index (Phi) is 21.0. The molecule has 113 heavy (non-hydrogen) atoms. The quantitative estimate of drug-likeness (QED) is 0.0377. The van der Waals surface area contributed by atoms with E-state index in [9.17, 15) is 0 Å². The molecule has 3 aromatic heterocycles. The Morgan fingerprint density at radius 3 is 1.41 bits per heavy atom. The molecule has 15 aromatic rings. The fraction of sp³-hybridized carbons (Fsp3) is 0.339. The van der Waals surface area contributed by atoms with E-state index < -0.39 is 5.41 Å². The maximum absolute atomic E-state index is 7.25. The van der Waals surface area contributed by atoms with Gasteiger partial charge in [0.1, 0.15) is 22.3 Å². The molecule has 4 nitrogen and oxygen atoms in total. The molecule has 0 unspecified atom stereocenters. The zero-order valence-corrected chi connectivity index (χ0v) is 68.1. The fourth-order valence-electron chi connectivity index (χ4n) is 21.4. The van der Waals surface area contributed by atoms with E-state index in [1.807, 2.05) is 0 Å². The molecular formula is C109H114N2O2. The first-order valence-electron chi connectivity index (χ1n) is 44.1. The predicted molar refractivity (Wildman–Crippen MR) is 483 cm³/mol. The number of rotatable bonds is 34. The molecule has 3 heterocycles. The first-order chi connectivity index (χ1) is 55.7. The van der Waals surface area contributed by atoms with Gasteiger partial charge in [0.25, 0.3) is 0 Å². The van der Waals surface area contributed by atoms with Crippen molar-refractivity contribution in [2.24, 2.45) is 0 Å². The predicted octanol–water partition coefficient (Wildman–Crippen LogP) is 33.2. The summed E-state index contributed by atoms with van der Waals surface area (Å²) < 4.78 is 16.7. The molecule has 3 aliphatic carbocycles. The Balaban J connectivity index is 0.831. The van der Waals surface area contributed by atoms with Crippen molar-refractivity contribution < 1.29 is 8.83 Å². The van der Waals surface area contributed by atoms with Crippen LogP contribution in [-0.2, 0) is 16.2 Å². The summed E-state index contributed by atoms with van der Waals surface area (Å²) in [5.74, 6) is 0. The van der Waals surface area contributed by atoms with Crippen LogP contribution in [0.1, 0.15) is 255 Å². The van der Waals surface area contributed by atoms with E-state index in [2.05, 4.69) is 294 Å². The van der Waals surface area contributed by atoms with E-state index >= 15 is 0 Å². The van der Waals surface area contributed by atoms with Gasteiger partial charge in [0.15, 0.2) is 0 Å². The Labute approximate surface area is 671 Å². The van der Waals surface area contributed by atoms with Crippen LogP contribution in [0.3, 0.4) is 0 Å². The first-order valence-corrected chi connectivity index (χ1v) is 44.1. The number of aromatic nitrogens is 1. The SMILES string of the molecule is CCCCCCCCC1(CCCCCCCC)c2cc(N(c3cccc(-c4ccccc4)c3)c3ccc4c(c3)C(C)(C)c3cc(-c5ccc6c7ccccc7n(-c7ccccc7)c6c5)c5oc6ccccc6c5c3-4)ccc2-c2cc3c(cc21)-c1c(ccc2oc4ccccc4c12)C3(CCCCCCCC)CCCCCCCC. The Morgan fingerprint density at radius 1 is 0.283 bits per heavy atom. The minimum absolute atomic E-state index is 0.120. The summed E-state index contributed by atoms with van der Waals surface area (Å²) in [5.41, 5.74) is 32.2. The van der Waals surface area contributed by atoms with E-state index in [0.29, 0.717) is 0 Å². The normalized spacial score (nSPS) is 14.1. The highest BCUT2D eigenvalue weighted by atomic mass is 16.3. The van der Waals surface area contributed by atoms with Crippen LogP contribution >= 0.6 is 0 Å². The van der Waals surface area contributed by atoms with Crippen molar-refractivity contribution >= 4 is 82.7 Å². The van der Waals surface area contributed by atoms with Crippen molar-refractivity contribution in [1.82, 2.24) is 4.57 Å². The molecule has 3 aliphatic rings. The largest absolute Gasteiger partial charge is 0.456 e. The summed E-state index contributed by atoms with van der Waals surface area (Å²) >= 11 is 0. The van der Waals surface area contributed by atoms with Crippen LogP contribution in [0.4, 0.5) is 17.1 Å². The van der Waals surface area contributed by atoms with Crippen molar-refractivity contribution in [2.45, 2.75) is 238 Å². The standard InChI is InChI=1S/C109H114N2O2/c1-7-11-15-19-23-39-64-108(65-40-24-20-16-12-8-2)91-62-63-101-104(86-51-34-37-54-99(86)112-101)103(91)90-74-94-89(73-95(90)108)82-60-57-81(71-93(82)109(94,66-41-25-21-17-13-9-3)67-42-26-22-18-14-10-4)110(79-49-43-46-76(68-79)75-44-29-27-30-45-75)80-58-61-85-92(70-80)107(5,6)96-72-88(106-105(102(85)96)87-52-35-38-55-100(87)113-106)77-56-59-84-83-50-33-36-53-97(83)111(98(84)69-77)78-47-31-28-32-48-78/h27-38,43-63,68-74H,7-26,39-42,64-67H2,1-6H3. The average Bonchev–Trinajstić information content (AvgIpc) is 1.51. The smallest absolute Gasteiger partial charge is 0.143 e. The minimum atomic E-state index is -0.405. The van der Waals surface area contributed by atoms with Gasteiger partial charge in [0, 0.05) is 76.9 Å². The molecule has 0 radical (unpaired) electrons. The summed E-state index contributed by atoms with van der Waals surface area (Å²) in [4.78, 5) is 2.65. The zero-order valence-electron chi connectivity index (χ0n) is 68.1. The van der Waals surface area contributed by atoms with Crippen molar-refractivity contribution in [1.29, 1.82) is 0 Å². The Morgan fingerprint density at radius 2 is 0.761 bits per heavy atom. The summed E-state index contributed by atoms with van der Waals surface area (Å²) in [5, 5.41) is 7.39. The monoisotopic (exact) mass is 1480 g/mol. The average molecular weight is 1480 g/mol. The van der Waals surface area contributed by atoms with Gasteiger partial charge in [-0.25, -0.2) is 0 Å². The van der Waals surface area contributed by atoms with Crippen LogP contribution in [0.25, 0.3) is 127 Å². The van der Waals surface area contributed by atoms with Gasteiger partial charge in [0.2, 0.25) is 0 Å². The summed E-state index contributed by atoms with van der Waals surface area (Å²) in [6.45, 7) is 14.4. The van der Waals surface area contributed by atoms with Crippen LogP contribution < -0.4 is 4.90 Å². The van der Waals surface area contributed by atoms with Gasteiger partial charge in [-0.1, -0.05) is 341 Å². The van der Waals surface area contributed by atoms with Crippen LogP contribution in [0, 0.1) is 0 Å². The van der Waals surface area contributed by atoms with E-state index in [0.717, 1.165) is 68.7 Å². The second-order valence-corrected chi connectivity index (χ2v) is 34.5. The number of para-hydroxylation sites is 4. The van der Waals surface area contributed by atoms with Gasteiger partial charge >= 0.3 is 0 Å². The molecule has 4 heteroatoms. The lowest BCUT2D eigenvalue weighted by Crippen LogP contribution is -2.27. The summed E-state index contributed by atoms with van der Waals surface area (Å²) in [6.07, 6.45) is 35.3. The second kappa shape index (κ2) is 32.0. The lowest BCUT2D eigenvalue weighted by molar-refractivity contribution is 0.394. The molecular weight excluding hydrogens is 1370 g/mol. The number of hydrogen-bond acceptors (Lipinski definition) is 3. The Hall–Kier alpha value is -10.2. The highest BCUT2D eigenvalue weighted by molar-refractivity contribution is 6.20. The molecule has 0 saturated heterocycles. The number of fused-ring (bicyclic) bond motifs is 20. The summed E-state index contributed by atoms with van der Waals surface area (Å²) in [7, 11) is 0. The number of anilines is 3. The van der Waals surface area contributed by atoms with Gasteiger partial charge in [0.05, 0.1) is 11.0 Å². The maximum atomic E-state index is 7.25. The molecule has 0 bridgehead atoms. The van der Waals surface area contributed by atoms with Gasteiger partial charge in [-0.05, 0) is 206 Å². The van der Waals surface area contributed by atoms with Crippen molar-refractivity contribution in [3.63, 3.8) is 0 Å². The third-order valence-corrected chi connectivity index (χ3v) is 27.1. The summed E-state index contributed by atoms with van der Waals surface area (Å²) in [6, 6.07) is 93.6. The third kappa shape index (κ3) is 13.2. The topological polar surface area (TPSA) is 34.5 Å². The van der Waals surface area contributed by atoms with Gasteiger partial charge in [-0.15, -0.1) is 0 Å². The molecule has 12 aromatic carbocycles. The van der Waals surface area contributed by atoms with Crippen molar-refractivity contribution in [3.05, 3.63) is 276 Å². The van der Waals surface area contributed by atoms with E-state index in [4.69, 9.17) is 8.83 Å². The Bertz CT molecular complexity index is 5920. The van der Waals surface area contributed by atoms with Gasteiger partial charge < -0.3 is 18.3 Å². The van der Waals surface area contributed by atoms with Gasteiger partial charge in [-0.3, -0.25) is 0 Å². The molecule has 0 N–H and O–H groups in total.